The first-order valence-corrected chi connectivity index (χ1v) is 6.96. The fraction of sp³-hybridized carbons (Fsp3) is 0.750. The van der Waals surface area contributed by atoms with E-state index in [-0.39, 0.29) is 12.1 Å². The molecule has 2 fully saturated rings. The second-order valence-electron chi connectivity index (χ2n) is 3.28. The van der Waals surface area contributed by atoms with Crippen LogP contribution < -0.4 is 10.6 Å². The van der Waals surface area contributed by atoms with Gasteiger partial charge in [-0.05, 0) is 0 Å². The molecule has 15 heavy (non-hydrogen) atoms. The van der Waals surface area contributed by atoms with Crippen LogP contribution in [0.3, 0.4) is 0 Å². The quantitative estimate of drug-likeness (QED) is 0.499. The molecule has 0 aromatic heterocycles. The van der Waals surface area contributed by atoms with Gasteiger partial charge in [-0.2, -0.15) is 0 Å². The van der Waals surface area contributed by atoms with Crippen LogP contribution in [0.2, 0.25) is 0 Å². The highest BCUT2D eigenvalue weighted by Gasteiger charge is 2.30. The number of hydrogen-bond donors (Lipinski definition) is 2. The maximum Gasteiger partial charge on any atom is 0.331 e. The van der Waals surface area contributed by atoms with Crippen molar-refractivity contribution in [1.82, 2.24) is 10.6 Å². The lowest BCUT2D eigenvalue weighted by molar-refractivity contribution is -0.161. The minimum absolute atomic E-state index is 0.326. The molecule has 0 bridgehead atoms. The third-order valence-corrected chi connectivity index (χ3v) is 4.08. The molecule has 5 nitrogen and oxygen atoms in total. The Labute approximate surface area is 96.1 Å². The molecule has 1 unspecified atom stereocenters. The van der Waals surface area contributed by atoms with Crippen LogP contribution >= 0.6 is 23.5 Å². The molecule has 0 radical (unpaired) electrons. The van der Waals surface area contributed by atoms with Gasteiger partial charge in [0.1, 0.15) is 12.1 Å². The van der Waals surface area contributed by atoms with Gasteiger partial charge in [-0.3, -0.25) is 10.6 Å². The Morgan fingerprint density at radius 2 is 1.47 bits per heavy atom. The average molecular weight is 248 g/mol. The number of nitrogens with one attached hydrogen (secondary N) is 2. The van der Waals surface area contributed by atoms with Gasteiger partial charge < -0.3 is 4.74 Å². The van der Waals surface area contributed by atoms with E-state index in [0.717, 1.165) is 11.8 Å². The molecule has 2 aliphatic rings. The summed E-state index contributed by atoms with van der Waals surface area (Å²) in [5, 5.41) is 5.93. The van der Waals surface area contributed by atoms with E-state index in [0.29, 0.717) is 11.5 Å². The Kier molecular flexibility index (Phi) is 3.90. The van der Waals surface area contributed by atoms with E-state index >= 15 is 0 Å². The van der Waals surface area contributed by atoms with Gasteiger partial charge in [0, 0.05) is 23.3 Å². The standard InChI is InChI=1S/C8H12N2O3S2/c11-7(5-1-14-3-9-5)13-8(12)6-2-15-4-10-6/h5-6,9-10H,1-4H2/t5-,6?/m0/s1. The van der Waals surface area contributed by atoms with Crippen molar-refractivity contribution in [3.8, 4) is 0 Å². The SMILES string of the molecule is O=C(OC(=O)[C@@H]1CSCN1)C1CSCN1. The molecule has 2 saturated heterocycles. The molecule has 2 atom stereocenters. The van der Waals surface area contributed by atoms with Crippen LogP contribution in [0.5, 0.6) is 0 Å². The first kappa shape index (κ1) is 11.3. The minimum atomic E-state index is -0.455. The maximum atomic E-state index is 11.5. The van der Waals surface area contributed by atoms with Crippen molar-refractivity contribution in [1.29, 1.82) is 0 Å². The van der Waals surface area contributed by atoms with Gasteiger partial charge in [0.05, 0.1) is 0 Å². The molecule has 7 heteroatoms. The summed E-state index contributed by atoms with van der Waals surface area (Å²) in [7, 11) is 0. The van der Waals surface area contributed by atoms with Gasteiger partial charge in [0.2, 0.25) is 0 Å². The highest BCUT2D eigenvalue weighted by molar-refractivity contribution is 7.99. The summed E-state index contributed by atoms with van der Waals surface area (Å²) in [5.41, 5.74) is 0. The summed E-state index contributed by atoms with van der Waals surface area (Å²) in [6.07, 6.45) is 0. The van der Waals surface area contributed by atoms with Crippen LogP contribution in [-0.2, 0) is 14.3 Å². The molecule has 0 aromatic carbocycles. The predicted octanol–water partition coefficient (Wildman–Crippen LogP) is -0.619. The lowest BCUT2D eigenvalue weighted by Crippen LogP contribution is -2.41. The molecular formula is C8H12N2O3S2. The molecule has 0 aliphatic carbocycles. The summed E-state index contributed by atoms with van der Waals surface area (Å²) in [6, 6.07) is -0.652. The number of carbonyl (C=O) groups is 2. The predicted molar refractivity (Wildman–Crippen MR) is 59.6 cm³/mol. The number of carbonyl (C=O) groups excluding carboxylic acids is 2. The van der Waals surface area contributed by atoms with Crippen LogP contribution in [0, 0.1) is 0 Å². The Morgan fingerprint density at radius 3 is 1.80 bits per heavy atom. The molecule has 0 aromatic rings. The smallest absolute Gasteiger partial charge is 0.331 e. The maximum absolute atomic E-state index is 11.5. The van der Waals surface area contributed by atoms with Crippen molar-refractivity contribution in [3.05, 3.63) is 0 Å². The van der Waals surface area contributed by atoms with Crippen molar-refractivity contribution >= 4 is 35.5 Å². The van der Waals surface area contributed by atoms with Crippen molar-refractivity contribution in [2.45, 2.75) is 12.1 Å². The van der Waals surface area contributed by atoms with Gasteiger partial charge in [0.15, 0.2) is 0 Å². The van der Waals surface area contributed by atoms with Crippen LogP contribution in [0.1, 0.15) is 0 Å². The van der Waals surface area contributed by atoms with E-state index < -0.39 is 11.9 Å². The summed E-state index contributed by atoms with van der Waals surface area (Å²) in [4.78, 5) is 22.9. The molecule has 2 N–H and O–H groups in total. The summed E-state index contributed by atoms with van der Waals surface area (Å²) in [5.74, 6) is 1.93. The van der Waals surface area contributed by atoms with E-state index in [9.17, 15) is 9.59 Å². The number of hydrogen-bond acceptors (Lipinski definition) is 7. The normalized spacial score (nSPS) is 30.4. The zero-order chi connectivity index (χ0) is 10.7. The third kappa shape index (κ3) is 2.87. The van der Waals surface area contributed by atoms with Crippen LogP contribution in [-0.4, -0.2) is 47.3 Å². The fourth-order valence-corrected chi connectivity index (χ4v) is 3.19. The lowest BCUT2D eigenvalue weighted by Gasteiger charge is -2.11. The van der Waals surface area contributed by atoms with E-state index in [1.165, 1.54) is 0 Å². The second kappa shape index (κ2) is 5.20. The molecule has 2 aliphatic heterocycles. The van der Waals surface area contributed by atoms with Gasteiger partial charge >= 0.3 is 11.9 Å². The van der Waals surface area contributed by atoms with E-state index in [4.69, 9.17) is 4.74 Å². The van der Waals surface area contributed by atoms with Crippen molar-refractivity contribution in [2.24, 2.45) is 0 Å². The monoisotopic (exact) mass is 248 g/mol. The number of thioether (sulfide) groups is 2. The first-order chi connectivity index (χ1) is 7.27. The molecule has 0 saturated carbocycles. The average Bonchev–Trinajstić information content (AvgIpc) is 2.91. The van der Waals surface area contributed by atoms with Gasteiger partial charge in [-0.25, -0.2) is 9.59 Å². The Morgan fingerprint density at radius 1 is 1.00 bits per heavy atom. The zero-order valence-electron chi connectivity index (χ0n) is 8.02. The topological polar surface area (TPSA) is 67.4 Å². The Hall–Kier alpha value is -0.240. The van der Waals surface area contributed by atoms with Crippen molar-refractivity contribution in [3.63, 3.8) is 0 Å². The molecule has 2 heterocycles. The van der Waals surface area contributed by atoms with E-state index in [1.54, 1.807) is 23.5 Å². The Balaban J connectivity index is 1.79. The highest BCUT2D eigenvalue weighted by Crippen LogP contribution is 2.13. The van der Waals surface area contributed by atoms with Crippen LogP contribution in [0.15, 0.2) is 0 Å². The first-order valence-electron chi connectivity index (χ1n) is 4.65. The van der Waals surface area contributed by atoms with Gasteiger partial charge in [-0.1, -0.05) is 0 Å². The third-order valence-electron chi connectivity index (χ3n) is 2.20. The second-order valence-corrected chi connectivity index (χ2v) is 5.34. The van der Waals surface area contributed by atoms with E-state index in [2.05, 4.69) is 10.6 Å². The summed E-state index contributed by atoms with van der Waals surface area (Å²) < 4.78 is 4.79. The lowest BCUT2D eigenvalue weighted by atomic mass is 10.3. The summed E-state index contributed by atoms with van der Waals surface area (Å²) >= 11 is 3.25. The molecular weight excluding hydrogens is 236 g/mol. The zero-order valence-corrected chi connectivity index (χ0v) is 9.66. The van der Waals surface area contributed by atoms with E-state index in [1.807, 2.05) is 0 Å². The number of esters is 2. The largest absolute Gasteiger partial charge is 0.391 e. The Bertz CT molecular complexity index is 237. The highest BCUT2D eigenvalue weighted by atomic mass is 32.2. The van der Waals surface area contributed by atoms with Crippen LogP contribution in [0.4, 0.5) is 0 Å². The molecule has 0 amide bonds. The summed E-state index contributed by atoms with van der Waals surface area (Å²) in [6.45, 7) is 0. The minimum Gasteiger partial charge on any atom is -0.391 e. The number of ether oxygens (including phenoxy) is 1. The number of rotatable bonds is 2. The van der Waals surface area contributed by atoms with Crippen LogP contribution in [0.25, 0.3) is 0 Å². The molecule has 0 spiro atoms. The van der Waals surface area contributed by atoms with Gasteiger partial charge in [0.25, 0.3) is 0 Å². The fourth-order valence-electron chi connectivity index (χ4n) is 1.33. The molecule has 2 rings (SSSR count). The van der Waals surface area contributed by atoms with Crippen molar-refractivity contribution < 1.29 is 14.3 Å². The van der Waals surface area contributed by atoms with Crippen molar-refractivity contribution in [2.75, 3.05) is 23.3 Å². The van der Waals surface area contributed by atoms with Gasteiger partial charge in [-0.15, -0.1) is 23.5 Å². The molecule has 84 valence electrons.